The first kappa shape index (κ1) is 17.7. The zero-order valence-corrected chi connectivity index (χ0v) is 13.8. The molecule has 0 bridgehead atoms. The lowest BCUT2D eigenvalue weighted by atomic mass is 10.4. The summed E-state index contributed by atoms with van der Waals surface area (Å²) in [6, 6.07) is 3.28. The number of nitrogens with zero attached hydrogens (tertiary/aromatic N) is 4. The van der Waals surface area contributed by atoms with E-state index in [2.05, 4.69) is 30.9 Å². The molecule has 0 aliphatic heterocycles. The largest absolute Gasteiger partial charge is 0.471 e. The molecular weight excluding hydrogens is 371 g/mol. The van der Waals surface area contributed by atoms with E-state index in [1.54, 1.807) is 22.9 Å². The Morgan fingerprint density at radius 2 is 2.23 bits per heavy atom. The molecule has 0 saturated carbocycles. The number of amides is 1. The highest BCUT2D eigenvalue weighted by molar-refractivity contribution is 7.15. The minimum atomic E-state index is -4.69. The minimum absolute atomic E-state index is 0.0776. The average Bonchev–Trinajstić information content (AvgIpc) is 3.31. The lowest BCUT2D eigenvalue weighted by Crippen LogP contribution is -2.27. The Kier molecular flexibility index (Phi) is 4.77. The van der Waals surface area contributed by atoms with Gasteiger partial charge in [-0.05, 0) is 12.1 Å². The normalized spacial score (nSPS) is 11.3. The summed E-state index contributed by atoms with van der Waals surface area (Å²) in [5, 5.41) is 5.86. The number of carbonyl (C=O) groups is 1. The van der Waals surface area contributed by atoms with Gasteiger partial charge >= 0.3 is 12.1 Å². The van der Waals surface area contributed by atoms with Crippen LogP contribution in [0.15, 0.2) is 29.0 Å². The summed E-state index contributed by atoms with van der Waals surface area (Å²) >= 11 is 1.18. The monoisotopic (exact) mass is 381 g/mol. The number of rotatable bonds is 5. The Balaban J connectivity index is 1.76. The highest BCUT2D eigenvalue weighted by atomic mass is 32.1. The number of thiophene rings is 1. The van der Waals surface area contributed by atoms with Crippen molar-refractivity contribution < 1.29 is 22.5 Å². The van der Waals surface area contributed by atoms with Gasteiger partial charge in [-0.2, -0.15) is 18.2 Å². The van der Waals surface area contributed by atoms with Crippen LogP contribution in [0.25, 0.3) is 10.7 Å². The Morgan fingerprint density at radius 3 is 2.92 bits per heavy atom. The fourth-order valence-corrected chi connectivity index (χ4v) is 2.98. The second-order valence-electron chi connectivity index (χ2n) is 4.95. The van der Waals surface area contributed by atoms with E-state index in [0.717, 1.165) is 4.88 Å². The summed E-state index contributed by atoms with van der Waals surface area (Å²) in [7, 11) is 0. The summed E-state index contributed by atoms with van der Waals surface area (Å²) in [6.45, 7) is 0.377. The highest BCUT2D eigenvalue weighted by Gasteiger charge is 2.38. The van der Waals surface area contributed by atoms with Gasteiger partial charge in [0.05, 0.1) is 18.0 Å². The van der Waals surface area contributed by atoms with Crippen LogP contribution < -0.4 is 5.32 Å². The molecule has 0 fully saturated rings. The van der Waals surface area contributed by atoms with Gasteiger partial charge in [-0.25, -0.2) is 4.98 Å². The molecule has 3 heterocycles. The van der Waals surface area contributed by atoms with E-state index in [1.807, 2.05) is 0 Å². The molecule has 0 unspecified atom stereocenters. The molecule has 1 amide bonds. The predicted octanol–water partition coefficient (Wildman–Crippen LogP) is 2.42. The smallest absolute Gasteiger partial charge is 0.338 e. The van der Waals surface area contributed by atoms with E-state index in [1.165, 1.54) is 17.5 Å². The third-order valence-corrected chi connectivity index (χ3v) is 4.21. The van der Waals surface area contributed by atoms with Gasteiger partial charge in [-0.15, -0.1) is 17.8 Å². The van der Waals surface area contributed by atoms with Gasteiger partial charge in [0, 0.05) is 17.3 Å². The number of hydrogen-bond donors (Lipinski definition) is 1. The van der Waals surface area contributed by atoms with E-state index in [-0.39, 0.29) is 18.2 Å². The van der Waals surface area contributed by atoms with Gasteiger partial charge in [0.2, 0.25) is 5.82 Å². The van der Waals surface area contributed by atoms with E-state index in [9.17, 15) is 18.0 Å². The summed E-state index contributed by atoms with van der Waals surface area (Å²) in [5.41, 5.74) is 0. The van der Waals surface area contributed by atoms with Crippen LogP contribution in [0, 0.1) is 12.3 Å². The minimum Gasteiger partial charge on any atom is -0.338 e. The van der Waals surface area contributed by atoms with Crippen LogP contribution in [0.5, 0.6) is 0 Å². The zero-order chi connectivity index (χ0) is 18.7. The van der Waals surface area contributed by atoms with Crippen molar-refractivity contribution in [1.29, 1.82) is 0 Å². The quantitative estimate of drug-likeness (QED) is 0.686. The summed E-state index contributed by atoms with van der Waals surface area (Å²) in [4.78, 5) is 20.5. The number of nitrogens with one attached hydrogen (secondary N) is 1. The van der Waals surface area contributed by atoms with E-state index < -0.39 is 18.0 Å². The summed E-state index contributed by atoms with van der Waals surface area (Å²) < 4.78 is 43.4. The molecule has 134 valence electrons. The second-order valence-corrected chi connectivity index (χ2v) is 6.12. The Hall–Kier alpha value is -3.13. The molecular formula is C15H10F3N5O2S. The maximum absolute atomic E-state index is 12.5. The van der Waals surface area contributed by atoms with Crippen molar-refractivity contribution in [3.63, 3.8) is 0 Å². The number of hydrogen-bond acceptors (Lipinski definition) is 6. The number of imidazole rings is 1. The fourth-order valence-electron chi connectivity index (χ4n) is 2.05. The van der Waals surface area contributed by atoms with Crippen LogP contribution in [0.2, 0.25) is 0 Å². The summed E-state index contributed by atoms with van der Waals surface area (Å²) in [6.07, 6.45) is 3.48. The van der Waals surface area contributed by atoms with E-state index >= 15 is 0 Å². The predicted molar refractivity (Wildman–Crippen MR) is 85.1 cm³/mol. The van der Waals surface area contributed by atoms with Crippen molar-refractivity contribution in [1.82, 2.24) is 25.0 Å². The van der Waals surface area contributed by atoms with Crippen molar-refractivity contribution in [2.75, 3.05) is 6.54 Å². The van der Waals surface area contributed by atoms with E-state index in [4.69, 9.17) is 6.42 Å². The maximum Gasteiger partial charge on any atom is 0.471 e. The molecule has 3 aromatic rings. The zero-order valence-electron chi connectivity index (χ0n) is 12.9. The van der Waals surface area contributed by atoms with Crippen LogP contribution in [-0.2, 0) is 12.7 Å². The van der Waals surface area contributed by atoms with Crippen LogP contribution >= 0.6 is 11.3 Å². The standard InChI is InChI=1S/C15H10F3N5O2S/c1-2-5-20-13(24)12-19-6-7-23(12)8-9-3-4-10(26-9)11-21-14(25-22-11)15(16,17)18/h1,3-4,6-7H,5,8H2,(H,20,24). The SMILES string of the molecule is C#CCNC(=O)c1nccn1Cc1ccc(-c2noc(C(F)(F)F)n2)s1. The molecule has 3 aromatic heterocycles. The molecule has 0 aliphatic carbocycles. The molecule has 0 spiro atoms. The van der Waals surface area contributed by atoms with Crippen molar-refractivity contribution in [2.45, 2.75) is 12.7 Å². The van der Waals surface area contributed by atoms with Crippen molar-refractivity contribution >= 4 is 17.2 Å². The molecule has 0 aliphatic rings. The lowest BCUT2D eigenvalue weighted by molar-refractivity contribution is -0.159. The van der Waals surface area contributed by atoms with E-state index in [0.29, 0.717) is 11.4 Å². The fraction of sp³-hybridized carbons (Fsp3) is 0.200. The maximum atomic E-state index is 12.5. The average molecular weight is 381 g/mol. The topological polar surface area (TPSA) is 85.8 Å². The molecule has 0 aromatic carbocycles. The van der Waals surface area contributed by atoms with Crippen molar-refractivity contribution in [3.05, 3.63) is 41.1 Å². The van der Waals surface area contributed by atoms with Gasteiger partial charge in [0.15, 0.2) is 5.82 Å². The van der Waals surface area contributed by atoms with Gasteiger partial charge in [-0.3, -0.25) is 4.79 Å². The molecule has 26 heavy (non-hydrogen) atoms. The van der Waals surface area contributed by atoms with Crippen LogP contribution in [-0.4, -0.2) is 32.1 Å². The van der Waals surface area contributed by atoms with Gasteiger partial charge in [-0.1, -0.05) is 11.1 Å². The van der Waals surface area contributed by atoms with Crippen molar-refractivity contribution in [2.24, 2.45) is 0 Å². The number of aromatic nitrogens is 4. The summed E-state index contributed by atoms with van der Waals surface area (Å²) in [5.74, 6) is 0.505. The second kappa shape index (κ2) is 7.01. The molecule has 11 heteroatoms. The first-order valence-corrected chi connectivity index (χ1v) is 7.93. The molecule has 7 nitrogen and oxygen atoms in total. The third kappa shape index (κ3) is 3.75. The van der Waals surface area contributed by atoms with Crippen LogP contribution in [0.1, 0.15) is 21.4 Å². The Bertz CT molecular complexity index is 966. The van der Waals surface area contributed by atoms with Gasteiger partial charge in [0.25, 0.3) is 5.91 Å². The number of carbonyl (C=O) groups excluding carboxylic acids is 1. The number of terminal acetylenes is 1. The molecule has 1 N–H and O–H groups in total. The Morgan fingerprint density at radius 1 is 1.42 bits per heavy atom. The van der Waals surface area contributed by atoms with Crippen molar-refractivity contribution in [3.8, 4) is 23.0 Å². The molecule has 0 saturated heterocycles. The first-order chi connectivity index (χ1) is 12.4. The number of alkyl halides is 3. The van der Waals surface area contributed by atoms with Gasteiger partial charge in [0.1, 0.15) is 0 Å². The lowest BCUT2D eigenvalue weighted by Gasteiger charge is -2.05. The van der Waals surface area contributed by atoms with Gasteiger partial charge < -0.3 is 14.4 Å². The molecule has 3 rings (SSSR count). The molecule has 0 atom stereocenters. The van der Waals surface area contributed by atoms with Crippen LogP contribution in [0.3, 0.4) is 0 Å². The Labute approximate surface area is 148 Å². The highest BCUT2D eigenvalue weighted by Crippen LogP contribution is 2.31. The molecule has 0 radical (unpaired) electrons. The third-order valence-electron chi connectivity index (χ3n) is 3.15. The number of halogens is 3. The first-order valence-electron chi connectivity index (χ1n) is 7.11. The van der Waals surface area contributed by atoms with Crippen LogP contribution in [0.4, 0.5) is 13.2 Å².